The molecule has 1 amide bonds. The number of rotatable bonds is 7. The van der Waals surface area contributed by atoms with Crippen molar-refractivity contribution in [3.05, 3.63) is 29.8 Å². The van der Waals surface area contributed by atoms with Crippen LogP contribution in [-0.4, -0.2) is 39.2 Å². The summed E-state index contributed by atoms with van der Waals surface area (Å²) < 4.78 is 5.00. The highest BCUT2D eigenvalue weighted by Gasteiger charge is 2.25. The van der Waals surface area contributed by atoms with Crippen molar-refractivity contribution in [1.82, 2.24) is 10.6 Å². The predicted octanol–water partition coefficient (Wildman–Crippen LogP) is 1.74. The first-order valence-electron chi connectivity index (χ1n) is 8.06. The van der Waals surface area contributed by atoms with Gasteiger partial charge in [-0.25, -0.2) is 0 Å². The summed E-state index contributed by atoms with van der Waals surface area (Å²) >= 11 is 0. The summed E-state index contributed by atoms with van der Waals surface area (Å²) in [6.45, 7) is 1.97. The summed E-state index contributed by atoms with van der Waals surface area (Å²) in [7, 11) is 3.40. The predicted molar refractivity (Wildman–Crippen MR) is 92.5 cm³/mol. The van der Waals surface area contributed by atoms with E-state index in [2.05, 4.69) is 20.9 Å². The first-order valence-corrected chi connectivity index (χ1v) is 8.06. The average Bonchev–Trinajstić information content (AvgIpc) is 2.49. The van der Waals surface area contributed by atoms with E-state index in [-0.39, 0.29) is 11.8 Å². The van der Waals surface area contributed by atoms with Crippen LogP contribution in [0.15, 0.2) is 29.3 Å². The zero-order valence-electron chi connectivity index (χ0n) is 13.9. The van der Waals surface area contributed by atoms with Crippen molar-refractivity contribution in [2.24, 2.45) is 10.9 Å². The first-order chi connectivity index (χ1) is 11.2. The molecule has 0 spiro atoms. The number of hydrogen-bond donors (Lipinski definition) is 3. The largest absolute Gasteiger partial charge is 0.383 e. The molecule has 0 aromatic heterocycles. The fourth-order valence-electron chi connectivity index (χ4n) is 2.35. The molecular weight excluding hydrogens is 292 g/mol. The molecule has 2 rings (SSSR count). The van der Waals surface area contributed by atoms with Gasteiger partial charge in [-0.05, 0) is 30.5 Å². The van der Waals surface area contributed by atoms with Crippen molar-refractivity contribution < 1.29 is 9.53 Å². The second-order valence-corrected chi connectivity index (χ2v) is 5.66. The lowest BCUT2D eigenvalue weighted by molar-refractivity contribution is -0.122. The van der Waals surface area contributed by atoms with Gasteiger partial charge in [-0.15, -0.1) is 0 Å². The average molecular weight is 318 g/mol. The number of amides is 1. The molecule has 0 unspecified atom stereocenters. The molecule has 23 heavy (non-hydrogen) atoms. The number of nitrogens with one attached hydrogen (secondary N) is 3. The van der Waals surface area contributed by atoms with E-state index in [1.54, 1.807) is 14.2 Å². The zero-order chi connectivity index (χ0) is 16.5. The van der Waals surface area contributed by atoms with Gasteiger partial charge >= 0.3 is 0 Å². The van der Waals surface area contributed by atoms with Crippen molar-refractivity contribution in [1.29, 1.82) is 0 Å². The van der Waals surface area contributed by atoms with Gasteiger partial charge < -0.3 is 20.7 Å². The van der Waals surface area contributed by atoms with Gasteiger partial charge in [0.1, 0.15) is 0 Å². The lowest BCUT2D eigenvalue weighted by Gasteiger charge is -2.24. The minimum absolute atomic E-state index is 0.137. The van der Waals surface area contributed by atoms with E-state index in [0.29, 0.717) is 19.7 Å². The zero-order valence-corrected chi connectivity index (χ0v) is 13.9. The summed E-state index contributed by atoms with van der Waals surface area (Å²) in [4.78, 5) is 16.2. The van der Waals surface area contributed by atoms with Gasteiger partial charge in [-0.1, -0.05) is 18.6 Å². The molecule has 1 aliphatic carbocycles. The third-order valence-electron chi connectivity index (χ3n) is 3.95. The SMILES string of the molecule is CN=C(NCCOC)NCc1cccc(NC(=O)C2CCC2)c1. The van der Waals surface area contributed by atoms with Crippen molar-refractivity contribution >= 4 is 17.6 Å². The third kappa shape index (κ3) is 5.56. The van der Waals surface area contributed by atoms with E-state index in [0.717, 1.165) is 36.5 Å². The molecule has 0 radical (unpaired) electrons. The van der Waals surface area contributed by atoms with E-state index in [1.807, 2.05) is 24.3 Å². The van der Waals surface area contributed by atoms with Gasteiger partial charge in [0, 0.05) is 38.9 Å². The molecule has 6 heteroatoms. The molecule has 3 N–H and O–H groups in total. The fraction of sp³-hybridized carbons (Fsp3) is 0.529. The molecule has 6 nitrogen and oxygen atoms in total. The lowest BCUT2D eigenvalue weighted by Crippen LogP contribution is -2.38. The molecule has 0 saturated heterocycles. The van der Waals surface area contributed by atoms with Gasteiger partial charge in [0.25, 0.3) is 0 Å². The van der Waals surface area contributed by atoms with Gasteiger partial charge in [0.15, 0.2) is 5.96 Å². The Hall–Kier alpha value is -2.08. The molecule has 1 saturated carbocycles. The standard InChI is InChI=1S/C17H26N4O2/c1-18-17(19-9-10-23-2)20-12-13-5-3-8-15(11-13)21-16(22)14-6-4-7-14/h3,5,8,11,14H,4,6-7,9-10,12H2,1-2H3,(H,21,22)(H2,18,19,20). The highest BCUT2D eigenvalue weighted by molar-refractivity contribution is 5.93. The number of ether oxygens (including phenoxy) is 1. The van der Waals surface area contributed by atoms with E-state index in [1.165, 1.54) is 0 Å². The number of methoxy groups -OCH3 is 1. The van der Waals surface area contributed by atoms with E-state index in [9.17, 15) is 4.79 Å². The van der Waals surface area contributed by atoms with E-state index >= 15 is 0 Å². The molecule has 0 heterocycles. The third-order valence-corrected chi connectivity index (χ3v) is 3.95. The van der Waals surface area contributed by atoms with Gasteiger partial charge in [0.2, 0.25) is 5.91 Å². The van der Waals surface area contributed by atoms with Crippen LogP contribution < -0.4 is 16.0 Å². The number of benzene rings is 1. The Kier molecular flexibility index (Phi) is 6.87. The summed E-state index contributed by atoms with van der Waals surface area (Å²) in [5.74, 6) is 1.06. The summed E-state index contributed by atoms with van der Waals surface area (Å²) in [6.07, 6.45) is 3.18. The van der Waals surface area contributed by atoms with Gasteiger partial charge in [-0.2, -0.15) is 0 Å². The van der Waals surface area contributed by atoms with Crippen LogP contribution in [-0.2, 0) is 16.1 Å². The fourth-order valence-corrected chi connectivity index (χ4v) is 2.35. The molecule has 0 bridgehead atoms. The van der Waals surface area contributed by atoms with Crippen LogP contribution in [0, 0.1) is 5.92 Å². The van der Waals surface area contributed by atoms with Crippen LogP contribution in [0.4, 0.5) is 5.69 Å². The van der Waals surface area contributed by atoms with Crippen molar-refractivity contribution in [3.8, 4) is 0 Å². The number of carbonyl (C=O) groups is 1. The molecular formula is C17H26N4O2. The molecule has 1 fully saturated rings. The van der Waals surface area contributed by atoms with Crippen LogP contribution in [0.3, 0.4) is 0 Å². The lowest BCUT2D eigenvalue weighted by atomic mass is 9.85. The summed E-state index contributed by atoms with van der Waals surface area (Å²) in [6, 6.07) is 7.89. The van der Waals surface area contributed by atoms with Crippen LogP contribution in [0.1, 0.15) is 24.8 Å². The number of aliphatic imine (C=N–C) groups is 1. The summed E-state index contributed by atoms with van der Waals surface area (Å²) in [5.41, 5.74) is 1.94. The summed E-state index contributed by atoms with van der Waals surface area (Å²) in [5, 5.41) is 9.40. The monoisotopic (exact) mass is 318 g/mol. The Labute approximate surface area is 137 Å². The first kappa shape index (κ1) is 17.3. The van der Waals surface area contributed by atoms with Crippen LogP contribution >= 0.6 is 0 Å². The van der Waals surface area contributed by atoms with Crippen molar-refractivity contribution in [2.75, 3.05) is 32.6 Å². The van der Waals surface area contributed by atoms with Crippen LogP contribution in [0.5, 0.6) is 0 Å². The smallest absolute Gasteiger partial charge is 0.227 e. The molecule has 1 aliphatic rings. The number of nitrogens with zero attached hydrogens (tertiary/aromatic N) is 1. The highest BCUT2D eigenvalue weighted by Crippen LogP contribution is 2.27. The van der Waals surface area contributed by atoms with Crippen molar-refractivity contribution in [3.63, 3.8) is 0 Å². The van der Waals surface area contributed by atoms with Crippen LogP contribution in [0.2, 0.25) is 0 Å². The number of carbonyl (C=O) groups excluding carboxylic acids is 1. The Balaban J connectivity index is 1.82. The Bertz CT molecular complexity index is 541. The quantitative estimate of drug-likeness (QED) is 0.407. The molecule has 0 atom stereocenters. The highest BCUT2D eigenvalue weighted by atomic mass is 16.5. The Morgan fingerprint density at radius 1 is 1.35 bits per heavy atom. The van der Waals surface area contributed by atoms with Gasteiger partial charge in [0.05, 0.1) is 6.61 Å². The second-order valence-electron chi connectivity index (χ2n) is 5.66. The maximum atomic E-state index is 12.0. The maximum Gasteiger partial charge on any atom is 0.227 e. The number of anilines is 1. The number of hydrogen-bond acceptors (Lipinski definition) is 3. The Morgan fingerprint density at radius 2 is 2.17 bits per heavy atom. The molecule has 0 aliphatic heterocycles. The topological polar surface area (TPSA) is 74.8 Å². The molecule has 126 valence electrons. The van der Waals surface area contributed by atoms with E-state index in [4.69, 9.17) is 4.74 Å². The molecule has 1 aromatic carbocycles. The van der Waals surface area contributed by atoms with Gasteiger partial charge in [-0.3, -0.25) is 9.79 Å². The minimum atomic E-state index is 0.137. The number of guanidine groups is 1. The second kappa shape index (κ2) is 9.15. The Morgan fingerprint density at radius 3 is 2.83 bits per heavy atom. The van der Waals surface area contributed by atoms with Crippen molar-refractivity contribution in [2.45, 2.75) is 25.8 Å². The van der Waals surface area contributed by atoms with E-state index < -0.39 is 0 Å². The normalized spacial score (nSPS) is 15.0. The minimum Gasteiger partial charge on any atom is -0.383 e. The van der Waals surface area contributed by atoms with Crippen LogP contribution in [0.25, 0.3) is 0 Å². The molecule has 1 aromatic rings. The maximum absolute atomic E-state index is 12.0.